The van der Waals surface area contributed by atoms with Gasteiger partial charge in [0, 0.05) is 11.8 Å². The van der Waals surface area contributed by atoms with Crippen LogP contribution in [-0.2, 0) is 4.79 Å². The molecule has 16 heavy (non-hydrogen) atoms. The third-order valence-corrected chi connectivity index (χ3v) is 2.92. The van der Waals surface area contributed by atoms with Crippen LogP contribution in [0, 0.1) is 11.7 Å². The first-order valence-electron chi connectivity index (χ1n) is 4.85. The molecule has 0 N–H and O–H groups in total. The van der Waals surface area contributed by atoms with Crippen LogP contribution in [0.4, 0.5) is 10.1 Å². The monoisotopic (exact) mass is 240 g/mol. The Labute approximate surface area is 97.5 Å². The van der Waals surface area contributed by atoms with Gasteiger partial charge in [-0.3, -0.25) is 4.79 Å². The number of anilines is 1. The van der Waals surface area contributed by atoms with E-state index in [1.807, 2.05) is 0 Å². The number of benzene rings is 1. The molecule has 0 bridgehead atoms. The van der Waals surface area contributed by atoms with E-state index in [1.165, 1.54) is 17.1 Å². The van der Waals surface area contributed by atoms with Crippen molar-refractivity contribution in [1.82, 2.24) is 0 Å². The lowest BCUT2D eigenvalue weighted by molar-refractivity contribution is -0.119. The summed E-state index contributed by atoms with van der Waals surface area (Å²) < 4.78 is 13.2. The number of halogens is 2. The highest BCUT2D eigenvalue weighted by Crippen LogP contribution is 2.26. The zero-order chi connectivity index (χ0) is 11.9. The molecular weight excluding hydrogens is 231 g/mol. The van der Waals surface area contributed by atoms with Gasteiger partial charge in [-0.15, -0.1) is 0 Å². The molecule has 1 unspecified atom stereocenters. The molecule has 84 valence electrons. The molecule has 0 saturated heterocycles. The van der Waals surface area contributed by atoms with E-state index >= 15 is 0 Å². The van der Waals surface area contributed by atoms with Gasteiger partial charge in [-0.05, 0) is 26.0 Å². The molecule has 1 aliphatic rings. The molecule has 1 heterocycles. The van der Waals surface area contributed by atoms with Crippen LogP contribution in [0.2, 0.25) is 5.02 Å². The average Bonchev–Trinajstić information content (AvgIpc) is 2.50. The molecule has 1 aromatic carbocycles. The minimum absolute atomic E-state index is 0.0316. The van der Waals surface area contributed by atoms with E-state index in [1.54, 1.807) is 19.9 Å². The molecule has 5 heteroatoms. The van der Waals surface area contributed by atoms with E-state index in [2.05, 4.69) is 5.10 Å². The van der Waals surface area contributed by atoms with Crippen molar-refractivity contribution in [3.63, 3.8) is 0 Å². The Morgan fingerprint density at radius 2 is 2.19 bits per heavy atom. The molecule has 1 aromatic rings. The van der Waals surface area contributed by atoms with Gasteiger partial charge in [-0.25, -0.2) is 9.40 Å². The maximum atomic E-state index is 13.2. The topological polar surface area (TPSA) is 32.7 Å². The number of carbonyl (C=O) groups is 1. The molecule has 0 aromatic heterocycles. The van der Waals surface area contributed by atoms with Gasteiger partial charge in [0.15, 0.2) is 0 Å². The summed E-state index contributed by atoms with van der Waals surface area (Å²) in [5.74, 6) is -0.961. The van der Waals surface area contributed by atoms with E-state index in [0.717, 1.165) is 5.71 Å². The number of carbonyl (C=O) groups excluding carboxylic acids is 1. The van der Waals surface area contributed by atoms with Crippen LogP contribution < -0.4 is 5.01 Å². The third kappa shape index (κ3) is 1.69. The minimum atomic E-state index is -0.556. The summed E-state index contributed by atoms with van der Waals surface area (Å²) in [6.07, 6.45) is 0. The molecule has 0 radical (unpaired) electrons. The van der Waals surface area contributed by atoms with Crippen molar-refractivity contribution in [1.29, 1.82) is 0 Å². The lowest BCUT2D eigenvalue weighted by Crippen LogP contribution is -2.25. The van der Waals surface area contributed by atoms with Crippen molar-refractivity contribution in [3.8, 4) is 0 Å². The molecule has 2 rings (SSSR count). The summed E-state index contributed by atoms with van der Waals surface area (Å²) in [5.41, 5.74) is 1.12. The van der Waals surface area contributed by atoms with Crippen molar-refractivity contribution in [3.05, 3.63) is 29.0 Å². The Kier molecular flexibility index (Phi) is 2.68. The summed E-state index contributed by atoms with van der Waals surface area (Å²) in [6, 6.07) is 4.18. The number of nitrogens with zero attached hydrogens (tertiary/aromatic N) is 2. The SMILES string of the molecule is CC1=NN(c2ccc(Cl)c(F)c2)C(=O)C1C. The van der Waals surface area contributed by atoms with Crippen LogP contribution in [0.1, 0.15) is 13.8 Å². The maximum Gasteiger partial charge on any atom is 0.255 e. The molecule has 1 aliphatic heterocycles. The van der Waals surface area contributed by atoms with Crippen molar-refractivity contribution < 1.29 is 9.18 Å². The van der Waals surface area contributed by atoms with Gasteiger partial charge in [-0.2, -0.15) is 5.10 Å². The highest BCUT2D eigenvalue weighted by atomic mass is 35.5. The highest BCUT2D eigenvalue weighted by Gasteiger charge is 2.30. The van der Waals surface area contributed by atoms with Crippen LogP contribution >= 0.6 is 11.6 Å². The summed E-state index contributed by atoms with van der Waals surface area (Å²) in [4.78, 5) is 11.8. The Hall–Kier alpha value is -1.42. The fraction of sp³-hybridized carbons (Fsp3) is 0.273. The molecular formula is C11H10ClFN2O. The molecule has 3 nitrogen and oxygen atoms in total. The van der Waals surface area contributed by atoms with Crippen molar-refractivity contribution in [2.75, 3.05) is 5.01 Å². The van der Waals surface area contributed by atoms with Gasteiger partial charge in [0.05, 0.1) is 16.6 Å². The predicted molar refractivity (Wildman–Crippen MR) is 61.2 cm³/mol. The first kappa shape index (κ1) is 11.1. The first-order valence-corrected chi connectivity index (χ1v) is 5.22. The zero-order valence-corrected chi connectivity index (χ0v) is 9.62. The van der Waals surface area contributed by atoms with E-state index in [4.69, 9.17) is 11.6 Å². The quantitative estimate of drug-likeness (QED) is 0.743. The van der Waals surface area contributed by atoms with Crippen molar-refractivity contribution in [2.24, 2.45) is 11.0 Å². The lowest BCUT2D eigenvalue weighted by atomic mass is 10.1. The van der Waals surface area contributed by atoms with Crippen LogP contribution in [0.25, 0.3) is 0 Å². The first-order chi connectivity index (χ1) is 7.50. The van der Waals surface area contributed by atoms with Crippen LogP contribution in [-0.4, -0.2) is 11.6 Å². The molecule has 0 spiro atoms. The Morgan fingerprint density at radius 3 is 2.69 bits per heavy atom. The van der Waals surface area contributed by atoms with Gasteiger partial charge in [0.2, 0.25) is 0 Å². The molecule has 0 fully saturated rings. The molecule has 1 atom stereocenters. The second-order valence-corrected chi connectivity index (χ2v) is 4.12. The fourth-order valence-electron chi connectivity index (χ4n) is 1.46. The third-order valence-electron chi connectivity index (χ3n) is 2.61. The van der Waals surface area contributed by atoms with E-state index in [0.29, 0.717) is 5.69 Å². The van der Waals surface area contributed by atoms with Gasteiger partial charge < -0.3 is 0 Å². The Morgan fingerprint density at radius 1 is 1.50 bits per heavy atom. The lowest BCUT2D eigenvalue weighted by Gasteiger charge is -2.12. The van der Waals surface area contributed by atoms with Crippen molar-refractivity contribution >= 4 is 28.9 Å². The molecule has 0 aliphatic carbocycles. The van der Waals surface area contributed by atoms with Gasteiger partial charge in [0.25, 0.3) is 5.91 Å². The van der Waals surface area contributed by atoms with Gasteiger partial charge >= 0.3 is 0 Å². The Bertz CT molecular complexity index is 487. The number of amides is 1. The highest BCUT2D eigenvalue weighted by molar-refractivity contribution is 6.30. The predicted octanol–water partition coefficient (Wildman–Crippen LogP) is 2.84. The second kappa shape index (κ2) is 3.87. The largest absolute Gasteiger partial charge is 0.272 e. The van der Waals surface area contributed by atoms with Gasteiger partial charge in [0.1, 0.15) is 5.82 Å². The van der Waals surface area contributed by atoms with Gasteiger partial charge in [-0.1, -0.05) is 11.6 Å². The van der Waals surface area contributed by atoms with E-state index in [9.17, 15) is 9.18 Å². The standard InChI is InChI=1S/C11H10ClFN2O/c1-6-7(2)14-15(11(6)16)8-3-4-9(12)10(13)5-8/h3-6H,1-2H3. The number of hydrogen-bond donors (Lipinski definition) is 0. The number of rotatable bonds is 1. The maximum absolute atomic E-state index is 13.2. The minimum Gasteiger partial charge on any atom is -0.272 e. The van der Waals surface area contributed by atoms with Crippen LogP contribution in [0.3, 0.4) is 0 Å². The zero-order valence-electron chi connectivity index (χ0n) is 8.87. The molecule has 1 amide bonds. The summed E-state index contributed by atoms with van der Waals surface area (Å²) in [7, 11) is 0. The van der Waals surface area contributed by atoms with Crippen LogP contribution in [0.5, 0.6) is 0 Å². The average molecular weight is 241 g/mol. The summed E-state index contributed by atoms with van der Waals surface area (Å²) in [5, 5.41) is 5.32. The second-order valence-electron chi connectivity index (χ2n) is 3.71. The van der Waals surface area contributed by atoms with Crippen molar-refractivity contribution in [2.45, 2.75) is 13.8 Å². The normalized spacial score (nSPS) is 20.2. The summed E-state index contributed by atoms with van der Waals surface area (Å²) >= 11 is 5.57. The van der Waals surface area contributed by atoms with E-state index in [-0.39, 0.29) is 16.8 Å². The van der Waals surface area contributed by atoms with E-state index < -0.39 is 5.82 Å². The fourth-order valence-corrected chi connectivity index (χ4v) is 1.58. The number of hydrazone groups is 1. The van der Waals surface area contributed by atoms with Crippen LogP contribution in [0.15, 0.2) is 23.3 Å². The summed E-state index contributed by atoms with van der Waals surface area (Å²) in [6.45, 7) is 3.54. The number of hydrogen-bond acceptors (Lipinski definition) is 2. The smallest absolute Gasteiger partial charge is 0.255 e. The molecule has 0 saturated carbocycles. The Balaban J connectivity index is 2.39.